The van der Waals surface area contributed by atoms with Gasteiger partial charge in [-0.3, -0.25) is 4.79 Å². The highest BCUT2D eigenvalue weighted by Crippen LogP contribution is 2.25. The summed E-state index contributed by atoms with van der Waals surface area (Å²) in [6, 6.07) is 5.15. The van der Waals surface area contributed by atoms with Crippen molar-refractivity contribution in [3.8, 4) is 0 Å². The molecule has 3 rings (SSSR count). The summed E-state index contributed by atoms with van der Waals surface area (Å²) >= 11 is 7.40. The minimum Gasteiger partial charge on any atom is -0.345 e. The van der Waals surface area contributed by atoms with Crippen LogP contribution in [0.4, 0.5) is 0 Å². The monoisotopic (exact) mass is 441 g/mol. The van der Waals surface area contributed by atoms with E-state index in [0.717, 1.165) is 24.1 Å². The maximum Gasteiger partial charge on any atom is 0.271 e. The second-order valence-electron chi connectivity index (χ2n) is 6.82. The third-order valence-electron chi connectivity index (χ3n) is 4.76. The lowest BCUT2D eigenvalue weighted by Gasteiger charge is -2.25. The minimum absolute atomic E-state index is 0.165. The standard InChI is InChI=1S/C19H24ClN3O3S2/c1-3-9-22(13-15-7-8-18(20)27-15)19(24)17-12-16(14-21(17)2)28(25,26)23-10-5-4-6-11-23/h3,7-8,12,14H,1,4-6,9-11,13H2,2H3. The summed E-state index contributed by atoms with van der Waals surface area (Å²) in [4.78, 5) is 15.8. The molecule has 1 saturated heterocycles. The second kappa shape index (κ2) is 8.82. The average Bonchev–Trinajstić information content (AvgIpc) is 3.27. The number of piperidine rings is 1. The third-order valence-corrected chi connectivity index (χ3v) is 7.84. The quantitative estimate of drug-likeness (QED) is 0.615. The molecule has 1 aliphatic rings. The summed E-state index contributed by atoms with van der Waals surface area (Å²) in [5.41, 5.74) is 0.333. The van der Waals surface area contributed by atoms with E-state index in [1.54, 1.807) is 28.7 Å². The fraction of sp³-hybridized carbons (Fsp3) is 0.421. The summed E-state index contributed by atoms with van der Waals surface area (Å²) in [5.74, 6) is -0.244. The van der Waals surface area contributed by atoms with Crippen LogP contribution in [0.5, 0.6) is 0 Å². The molecule has 2 aromatic rings. The fourth-order valence-electron chi connectivity index (χ4n) is 3.30. The van der Waals surface area contributed by atoms with Crippen LogP contribution in [0.1, 0.15) is 34.6 Å². The van der Waals surface area contributed by atoms with E-state index in [1.165, 1.54) is 27.9 Å². The van der Waals surface area contributed by atoms with Crippen molar-refractivity contribution in [2.45, 2.75) is 30.7 Å². The molecule has 0 spiro atoms. The van der Waals surface area contributed by atoms with Crippen molar-refractivity contribution in [3.05, 3.63) is 52.0 Å². The lowest BCUT2D eigenvalue weighted by atomic mass is 10.2. The molecule has 1 amide bonds. The first kappa shape index (κ1) is 21.1. The Morgan fingerprint density at radius 3 is 2.64 bits per heavy atom. The van der Waals surface area contributed by atoms with E-state index < -0.39 is 10.0 Å². The van der Waals surface area contributed by atoms with Gasteiger partial charge in [-0.25, -0.2) is 8.42 Å². The number of nitrogens with zero attached hydrogens (tertiary/aromatic N) is 3. The van der Waals surface area contributed by atoms with Crippen LogP contribution >= 0.6 is 22.9 Å². The van der Waals surface area contributed by atoms with Crippen molar-refractivity contribution in [3.63, 3.8) is 0 Å². The maximum atomic E-state index is 13.1. The van der Waals surface area contributed by atoms with E-state index in [-0.39, 0.29) is 10.8 Å². The highest BCUT2D eigenvalue weighted by Gasteiger charge is 2.29. The minimum atomic E-state index is -3.58. The molecule has 0 bridgehead atoms. The molecule has 0 aromatic carbocycles. The van der Waals surface area contributed by atoms with Crippen molar-refractivity contribution in [1.29, 1.82) is 0 Å². The summed E-state index contributed by atoms with van der Waals surface area (Å²) in [6.45, 7) is 5.53. The molecule has 0 atom stereocenters. The first-order valence-electron chi connectivity index (χ1n) is 9.14. The van der Waals surface area contributed by atoms with Crippen molar-refractivity contribution >= 4 is 38.9 Å². The Morgan fingerprint density at radius 2 is 2.04 bits per heavy atom. The summed E-state index contributed by atoms with van der Waals surface area (Å²) in [6.07, 6.45) is 5.96. The van der Waals surface area contributed by atoms with Crippen LogP contribution in [0.15, 0.2) is 41.9 Å². The van der Waals surface area contributed by atoms with Crippen molar-refractivity contribution in [1.82, 2.24) is 13.8 Å². The number of sulfonamides is 1. The first-order valence-corrected chi connectivity index (χ1v) is 11.8. The highest BCUT2D eigenvalue weighted by molar-refractivity contribution is 7.89. The number of aromatic nitrogens is 1. The van der Waals surface area contributed by atoms with E-state index in [2.05, 4.69) is 6.58 Å². The number of thiophene rings is 1. The lowest BCUT2D eigenvalue weighted by molar-refractivity contribution is 0.0754. The first-order chi connectivity index (χ1) is 13.3. The molecule has 0 saturated carbocycles. The van der Waals surface area contributed by atoms with E-state index in [0.29, 0.717) is 36.2 Å². The number of rotatable bonds is 7. The van der Waals surface area contributed by atoms with Gasteiger partial charge in [0.2, 0.25) is 10.0 Å². The van der Waals surface area contributed by atoms with Crippen molar-refractivity contribution < 1.29 is 13.2 Å². The number of hydrogen-bond acceptors (Lipinski definition) is 4. The molecule has 0 aliphatic carbocycles. The molecule has 9 heteroatoms. The fourth-order valence-corrected chi connectivity index (χ4v) is 6.00. The van der Waals surface area contributed by atoms with Crippen LogP contribution in [0.3, 0.4) is 0 Å². The summed E-state index contributed by atoms with van der Waals surface area (Å²) in [7, 11) is -1.89. The van der Waals surface area contributed by atoms with Crippen molar-refractivity contribution in [2.75, 3.05) is 19.6 Å². The van der Waals surface area contributed by atoms with Gasteiger partial charge in [-0.05, 0) is 31.0 Å². The number of halogens is 1. The van der Waals surface area contributed by atoms with Crippen LogP contribution in [0.25, 0.3) is 0 Å². The largest absolute Gasteiger partial charge is 0.345 e. The number of carbonyl (C=O) groups is 1. The molecular weight excluding hydrogens is 418 g/mol. The van der Waals surface area contributed by atoms with Gasteiger partial charge in [0.15, 0.2) is 0 Å². The SMILES string of the molecule is C=CCN(Cc1ccc(Cl)s1)C(=O)c1cc(S(=O)(=O)N2CCCCC2)cn1C. The van der Waals surface area contributed by atoms with Gasteiger partial charge in [-0.15, -0.1) is 17.9 Å². The molecule has 152 valence electrons. The van der Waals surface area contributed by atoms with Crippen LogP contribution in [0, 0.1) is 0 Å². The van der Waals surface area contributed by atoms with Gasteiger partial charge in [-0.1, -0.05) is 24.1 Å². The molecule has 0 N–H and O–H groups in total. The van der Waals surface area contributed by atoms with Gasteiger partial charge < -0.3 is 9.47 Å². The number of aryl methyl sites for hydroxylation is 1. The molecule has 0 radical (unpaired) electrons. The Labute approximate surface area is 175 Å². The lowest BCUT2D eigenvalue weighted by Crippen LogP contribution is -2.35. The van der Waals surface area contributed by atoms with Crippen LogP contribution in [-0.4, -0.2) is 47.7 Å². The molecule has 0 unspecified atom stereocenters. The van der Waals surface area contributed by atoms with E-state index in [4.69, 9.17) is 11.6 Å². The summed E-state index contributed by atoms with van der Waals surface area (Å²) in [5, 5.41) is 0. The number of hydrogen-bond donors (Lipinski definition) is 0. The van der Waals surface area contributed by atoms with Gasteiger partial charge in [-0.2, -0.15) is 4.31 Å². The van der Waals surface area contributed by atoms with Gasteiger partial charge in [0.05, 0.1) is 10.9 Å². The molecule has 6 nitrogen and oxygen atoms in total. The number of carbonyl (C=O) groups excluding carboxylic acids is 1. The Morgan fingerprint density at radius 1 is 1.32 bits per heavy atom. The Balaban J connectivity index is 1.85. The van der Waals surface area contributed by atoms with Gasteiger partial charge in [0.25, 0.3) is 5.91 Å². The third kappa shape index (κ3) is 4.51. The van der Waals surface area contributed by atoms with E-state index >= 15 is 0 Å². The van der Waals surface area contributed by atoms with Crippen LogP contribution in [0.2, 0.25) is 4.34 Å². The Kier molecular flexibility index (Phi) is 6.65. The van der Waals surface area contributed by atoms with Crippen LogP contribution in [-0.2, 0) is 23.6 Å². The average molecular weight is 442 g/mol. The van der Waals surface area contributed by atoms with E-state index in [9.17, 15) is 13.2 Å². The number of amides is 1. The summed E-state index contributed by atoms with van der Waals surface area (Å²) < 4.78 is 29.6. The normalized spacial score (nSPS) is 15.5. The molecule has 2 aromatic heterocycles. The molecular formula is C19H24ClN3O3S2. The smallest absolute Gasteiger partial charge is 0.271 e. The Hall–Kier alpha value is -1.61. The zero-order valence-corrected chi connectivity index (χ0v) is 18.2. The topological polar surface area (TPSA) is 62.6 Å². The zero-order valence-electron chi connectivity index (χ0n) is 15.8. The van der Waals surface area contributed by atoms with Crippen LogP contribution < -0.4 is 0 Å². The molecule has 1 aliphatic heterocycles. The second-order valence-corrected chi connectivity index (χ2v) is 10.6. The van der Waals surface area contributed by atoms with Gasteiger partial charge in [0.1, 0.15) is 10.6 Å². The highest BCUT2D eigenvalue weighted by atomic mass is 35.5. The maximum absolute atomic E-state index is 13.1. The van der Waals surface area contributed by atoms with Crippen molar-refractivity contribution in [2.24, 2.45) is 7.05 Å². The predicted molar refractivity (Wildman–Crippen MR) is 112 cm³/mol. The predicted octanol–water partition coefficient (Wildman–Crippen LogP) is 3.74. The van der Waals surface area contributed by atoms with E-state index in [1.807, 2.05) is 6.07 Å². The van der Waals surface area contributed by atoms with Gasteiger partial charge in [0, 0.05) is 37.8 Å². The molecule has 1 fully saturated rings. The molecule has 3 heterocycles. The van der Waals surface area contributed by atoms with Gasteiger partial charge >= 0.3 is 0 Å². The Bertz CT molecular complexity index is 959. The molecule has 28 heavy (non-hydrogen) atoms. The zero-order chi connectivity index (χ0) is 20.3.